The van der Waals surface area contributed by atoms with E-state index >= 15 is 8.78 Å². The molecule has 2 heterocycles. The van der Waals surface area contributed by atoms with Crippen molar-refractivity contribution in [2.45, 2.75) is 50.3 Å². The largest absolute Gasteiger partial charge is 0.416 e. The lowest BCUT2D eigenvalue weighted by molar-refractivity contribution is -0.137. The lowest BCUT2D eigenvalue weighted by atomic mass is 9.51. The molecule has 15 heteroatoms. The Morgan fingerprint density at radius 3 is 2.28 bits per heavy atom. The predicted octanol–water partition coefficient (Wildman–Crippen LogP) is 8.27. The fourth-order valence-corrected chi connectivity index (χ4v) is 5.93. The highest BCUT2D eigenvalue weighted by molar-refractivity contribution is 6.31. The Hall–Kier alpha value is -4.06. The van der Waals surface area contributed by atoms with Crippen molar-refractivity contribution in [3.05, 3.63) is 106 Å². The van der Waals surface area contributed by atoms with E-state index in [0.717, 1.165) is 18.2 Å². The lowest BCUT2D eigenvalue weighted by Crippen LogP contribution is -2.47. The highest BCUT2D eigenvalue weighted by Crippen LogP contribution is 2.49. The number of benzene rings is 3. The van der Waals surface area contributed by atoms with Gasteiger partial charge in [0.2, 0.25) is 5.62 Å². The molecule has 0 fully saturated rings. The second kappa shape index (κ2) is 11.6. The number of alkyl halides is 5. The summed E-state index contributed by atoms with van der Waals surface area (Å²) in [7, 11) is 14.5. The van der Waals surface area contributed by atoms with E-state index in [1.54, 1.807) is 13.8 Å². The van der Waals surface area contributed by atoms with Crippen LogP contribution in [0.1, 0.15) is 61.2 Å². The van der Waals surface area contributed by atoms with Gasteiger partial charge in [-0.05, 0) is 42.5 Å². The first-order valence-corrected chi connectivity index (χ1v) is 14.4. The van der Waals surface area contributed by atoms with E-state index in [4.69, 9.17) is 27.3 Å². The zero-order valence-corrected chi connectivity index (χ0v) is 26.4. The Labute approximate surface area is 273 Å². The summed E-state index contributed by atoms with van der Waals surface area (Å²) in [6.45, 7) is 9.48. The van der Waals surface area contributed by atoms with Crippen molar-refractivity contribution in [2.75, 3.05) is 12.4 Å². The molecule has 0 amide bonds. The van der Waals surface area contributed by atoms with Gasteiger partial charge in [0.05, 0.1) is 30.5 Å². The van der Waals surface area contributed by atoms with E-state index in [1.165, 1.54) is 30.7 Å². The first-order valence-electron chi connectivity index (χ1n) is 14.1. The van der Waals surface area contributed by atoms with Crippen LogP contribution < -0.4 is 16.3 Å². The van der Waals surface area contributed by atoms with E-state index in [1.807, 2.05) is 0 Å². The SMILES string of the molecule is [B]C(C)(C)C([B])(C)n1c(=NC)n(C(F)F)c2c3c(c(NC(=C)c4cc(F)cc(C(F)(F)F)c4)cc21)C(c1cc(F)ccc1Cl)NC3=C. The van der Waals surface area contributed by atoms with Gasteiger partial charge in [0.15, 0.2) is 0 Å². The Kier molecular flexibility index (Phi) is 8.44. The summed E-state index contributed by atoms with van der Waals surface area (Å²) >= 11 is 6.49. The van der Waals surface area contributed by atoms with Crippen LogP contribution in [0.25, 0.3) is 22.4 Å². The highest BCUT2D eigenvalue weighted by Gasteiger charge is 2.41. The smallest absolute Gasteiger partial charge is 0.374 e. The fraction of sp³-hybridized carbons (Fsp3) is 0.281. The van der Waals surface area contributed by atoms with Crippen LogP contribution in [0, 0.1) is 11.6 Å². The van der Waals surface area contributed by atoms with Gasteiger partial charge in [-0.15, -0.1) is 0 Å². The summed E-state index contributed by atoms with van der Waals surface area (Å²) in [6.07, 6.45) is -4.86. The van der Waals surface area contributed by atoms with Crippen molar-refractivity contribution in [1.29, 1.82) is 0 Å². The summed E-state index contributed by atoms with van der Waals surface area (Å²) in [5, 5.41) is 4.93. The maximum atomic E-state index is 15.0. The van der Waals surface area contributed by atoms with Crippen LogP contribution in [0.3, 0.4) is 0 Å². The molecule has 0 aliphatic carbocycles. The minimum atomic E-state index is -4.86. The number of nitrogens with one attached hydrogen (secondary N) is 2. The number of anilines is 1. The molecule has 0 spiro atoms. The first-order chi connectivity index (χ1) is 21.7. The fourth-order valence-electron chi connectivity index (χ4n) is 5.70. The highest BCUT2D eigenvalue weighted by atomic mass is 35.5. The number of hydrogen-bond acceptors (Lipinski definition) is 3. The van der Waals surface area contributed by atoms with Crippen LogP contribution in [0.15, 0.2) is 60.6 Å². The van der Waals surface area contributed by atoms with Crippen LogP contribution in [0.4, 0.5) is 36.4 Å². The molecule has 4 radical (unpaired) electrons. The molecule has 1 aliphatic rings. The second-order valence-corrected chi connectivity index (χ2v) is 12.4. The van der Waals surface area contributed by atoms with Crippen molar-refractivity contribution < 1.29 is 30.7 Å². The van der Waals surface area contributed by atoms with Gasteiger partial charge in [0.25, 0.3) is 0 Å². The number of imidazole rings is 1. The molecule has 2 N–H and O–H groups in total. The Morgan fingerprint density at radius 1 is 1.04 bits per heavy atom. The standard InChI is InChI=1S/C32H27B2ClF7N5/c1-14(16-9-17(32(40,41)42)11-19(37)10-16)44-22-13-23-27(46(28(38)39)29(43-6)47(23)31(5,34)30(3,4)33)24-15(2)45-26(25(22)24)20-12-18(36)7-8-21(20)35/h7-13,26,28,44-45H,1-2H2,3-6H3. The van der Waals surface area contributed by atoms with Crippen molar-refractivity contribution in [1.82, 2.24) is 14.5 Å². The molecule has 0 saturated carbocycles. The van der Waals surface area contributed by atoms with Crippen LogP contribution in [0.5, 0.6) is 0 Å². The minimum Gasteiger partial charge on any atom is -0.374 e. The topological polar surface area (TPSA) is 46.3 Å². The molecule has 5 nitrogen and oxygen atoms in total. The molecule has 2 atom stereocenters. The number of halogens is 8. The summed E-state index contributed by atoms with van der Waals surface area (Å²) < 4.78 is 102. The van der Waals surface area contributed by atoms with Gasteiger partial charge in [-0.25, -0.2) is 8.78 Å². The Balaban J connectivity index is 1.90. The van der Waals surface area contributed by atoms with Gasteiger partial charge in [-0.3, -0.25) is 9.56 Å². The third-order valence-corrected chi connectivity index (χ3v) is 8.76. The summed E-state index contributed by atoms with van der Waals surface area (Å²) in [6, 6.07) is 5.96. The van der Waals surface area contributed by atoms with E-state index in [2.05, 4.69) is 28.8 Å². The number of aromatic nitrogens is 2. The lowest BCUT2D eigenvalue weighted by Gasteiger charge is -2.42. The number of hydrogen-bond donors (Lipinski definition) is 2. The molecule has 1 aromatic heterocycles. The minimum absolute atomic E-state index is 0.0645. The van der Waals surface area contributed by atoms with Gasteiger partial charge < -0.3 is 15.2 Å². The molecule has 47 heavy (non-hydrogen) atoms. The van der Waals surface area contributed by atoms with Crippen LogP contribution >= 0.6 is 11.6 Å². The zero-order chi connectivity index (χ0) is 35.0. The molecule has 0 saturated heterocycles. The van der Waals surface area contributed by atoms with Crippen LogP contribution in [-0.4, -0.2) is 31.9 Å². The summed E-state index contributed by atoms with van der Waals surface area (Å²) in [5.41, 5.74) is -2.65. The average molecular weight is 672 g/mol. The van der Waals surface area contributed by atoms with Crippen LogP contribution in [-0.2, 0) is 11.6 Å². The van der Waals surface area contributed by atoms with Crippen molar-refractivity contribution >= 4 is 55.4 Å². The Morgan fingerprint density at radius 2 is 1.70 bits per heavy atom. The van der Waals surface area contributed by atoms with Crippen molar-refractivity contribution in [3.8, 4) is 0 Å². The molecule has 4 aromatic rings. The van der Waals surface area contributed by atoms with Gasteiger partial charge >= 0.3 is 12.7 Å². The van der Waals surface area contributed by atoms with Gasteiger partial charge in [-0.2, -0.15) is 22.0 Å². The third kappa shape index (κ3) is 5.74. The predicted molar refractivity (Wildman–Crippen MR) is 171 cm³/mol. The maximum Gasteiger partial charge on any atom is 0.416 e. The van der Waals surface area contributed by atoms with E-state index in [-0.39, 0.29) is 61.0 Å². The molecule has 0 bridgehead atoms. The monoisotopic (exact) mass is 671 g/mol. The maximum absolute atomic E-state index is 15.0. The molecule has 2 unspecified atom stereocenters. The van der Waals surface area contributed by atoms with Gasteiger partial charge in [0, 0.05) is 56.8 Å². The van der Waals surface area contributed by atoms with E-state index < -0.39 is 46.7 Å². The average Bonchev–Trinajstić information content (AvgIpc) is 3.48. The van der Waals surface area contributed by atoms with Crippen molar-refractivity contribution in [3.63, 3.8) is 0 Å². The number of nitrogens with zero attached hydrogens (tertiary/aromatic N) is 3. The van der Waals surface area contributed by atoms with Gasteiger partial charge in [-0.1, -0.05) is 50.8 Å². The van der Waals surface area contributed by atoms with Gasteiger partial charge in [0.1, 0.15) is 19.5 Å². The summed E-state index contributed by atoms with van der Waals surface area (Å²) in [4.78, 5) is 4.15. The second-order valence-electron chi connectivity index (χ2n) is 12.0. The molecule has 5 rings (SSSR count). The first kappa shape index (κ1) is 34.3. The van der Waals surface area contributed by atoms with E-state index in [0.29, 0.717) is 16.7 Å². The Bertz CT molecular complexity index is 2020. The van der Waals surface area contributed by atoms with Crippen molar-refractivity contribution in [2.24, 2.45) is 4.99 Å². The third-order valence-electron chi connectivity index (χ3n) is 8.42. The summed E-state index contributed by atoms with van der Waals surface area (Å²) in [5.74, 6) is -1.81. The quantitative estimate of drug-likeness (QED) is 0.154. The molecular weight excluding hydrogens is 644 g/mol. The molecule has 1 aliphatic heterocycles. The number of rotatable bonds is 7. The normalized spacial score (nSPS) is 16.8. The molecule has 242 valence electrons. The molecular formula is C32H27B2ClF7N5. The van der Waals surface area contributed by atoms with E-state index in [9.17, 15) is 22.0 Å². The zero-order valence-electron chi connectivity index (χ0n) is 25.6. The number of fused-ring (bicyclic) bond motifs is 3. The molecule has 3 aromatic carbocycles. The van der Waals surface area contributed by atoms with Crippen LogP contribution in [0.2, 0.25) is 10.3 Å².